The van der Waals surface area contributed by atoms with Crippen molar-refractivity contribution in [1.29, 1.82) is 0 Å². The third-order valence-corrected chi connectivity index (χ3v) is 9.35. The zero-order chi connectivity index (χ0) is 18.6. The van der Waals surface area contributed by atoms with Crippen LogP contribution in [0.15, 0.2) is 32.4 Å². The fraction of sp³-hybridized carbons (Fsp3) is 0.565. The van der Waals surface area contributed by atoms with Gasteiger partial charge in [0, 0.05) is 0 Å². The Kier molecular flexibility index (Phi) is 15.9. The molecule has 0 bridgehead atoms. The van der Waals surface area contributed by atoms with Crippen LogP contribution in [0.1, 0.15) is 76.0 Å². The Balaban J connectivity index is 0. The van der Waals surface area contributed by atoms with E-state index in [1.54, 1.807) is 20.2 Å². The summed E-state index contributed by atoms with van der Waals surface area (Å²) < 4.78 is 1.66. The maximum atomic E-state index is 2.44. The second-order valence-corrected chi connectivity index (χ2v) is 10.7. The van der Waals surface area contributed by atoms with E-state index in [1.807, 2.05) is 5.20 Å². The zero-order valence-corrected chi connectivity index (χ0v) is 23.6. The molecule has 2 rings (SSSR count). The van der Waals surface area contributed by atoms with E-state index >= 15 is 0 Å². The van der Waals surface area contributed by atoms with Crippen molar-refractivity contribution in [2.24, 2.45) is 5.92 Å². The van der Waals surface area contributed by atoms with Crippen LogP contribution in [0.5, 0.6) is 0 Å². The predicted molar refractivity (Wildman–Crippen MR) is 111 cm³/mol. The maximum Gasteiger partial charge on any atom is -1.00 e. The van der Waals surface area contributed by atoms with E-state index in [4.69, 9.17) is 0 Å². The topological polar surface area (TPSA) is 0 Å². The van der Waals surface area contributed by atoms with Gasteiger partial charge in [-0.1, -0.05) is 0 Å². The van der Waals surface area contributed by atoms with Crippen LogP contribution in [0.2, 0.25) is 0 Å². The van der Waals surface area contributed by atoms with Gasteiger partial charge in [0.15, 0.2) is 0 Å². The molecule has 0 nitrogen and oxygen atoms in total. The number of hydrogen-bond donors (Lipinski definition) is 0. The number of unbranched alkanes of at least 4 members (excludes halogenated alkanes) is 2. The van der Waals surface area contributed by atoms with E-state index in [9.17, 15) is 0 Å². The third kappa shape index (κ3) is 7.64. The standard InChI is InChI=1S/C23H35Si.3ClH.Ti/c1-7-9-10-11-20-14-21(17(4)8-2)22(15-20)24-23-18(5)12-16(3)13-19(23)6;;;;/h12-13,17H,7-11,15,24H2,1-6H3;3*1H;/q;;;;+3/p-3. The molecule has 0 amide bonds. The normalized spacial score (nSPS) is 14.9. The number of hydrogen-bond acceptors (Lipinski definition) is 0. The second-order valence-electron chi connectivity index (χ2n) is 7.99. The van der Waals surface area contributed by atoms with Gasteiger partial charge in [0.25, 0.3) is 0 Å². The largest absolute Gasteiger partial charge is 1.00 e. The fourth-order valence-corrected chi connectivity index (χ4v) is 7.87. The molecule has 0 aliphatic heterocycles. The second kappa shape index (κ2) is 14.5. The molecule has 0 N–H and O–H groups in total. The maximum absolute atomic E-state index is 2.44. The Morgan fingerprint density at radius 3 is 2.07 bits per heavy atom. The summed E-state index contributed by atoms with van der Waals surface area (Å²) in [4.78, 5) is 0. The minimum absolute atomic E-state index is 0. The first kappa shape index (κ1) is 30.7. The number of allylic oxidation sites excluding steroid dienone is 4. The van der Waals surface area contributed by atoms with Crippen LogP contribution in [-0.2, 0) is 20.4 Å². The summed E-state index contributed by atoms with van der Waals surface area (Å²) in [5.74, 6) is 0.720. The van der Waals surface area contributed by atoms with Crippen molar-refractivity contribution in [2.45, 2.75) is 80.1 Å². The molecular weight excluding hydrogens is 459 g/mol. The van der Waals surface area contributed by atoms with Crippen molar-refractivity contribution in [3.8, 4) is 0 Å². The van der Waals surface area contributed by atoms with Gasteiger partial charge in [0.05, 0.1) is 0 Å². The summed E-state index contributed by atoms with van der Waals surface area (Å²) in [7, 11) is -0.363. The number of rotatable bonds is 8. The van der Waals surface area contributed by atoms with Gasteiger partial charge in [-0.25, -0.2) is 0 Å². The Bertz CT molecular complexity index is 672. The smallest absolute Gasteiger partial charge is 1.00 e. The van der Waals surface area contributed by atoms with Gasteiger partial charge in [0.1, 0.15) is 0 Å². The molecule has 0 radical (unpaired) electrons. The van der Waals surface area contributed by atoms with Gasteiger partial charge in [-0.2, -0.15) is 0 Å². The van der Waals surface area contributed by atoms with Crippen molar-refractivity contribution in [1.82, 2.24) is 0 Å². The average molecular weight is 494 g/mol. The summed E-state index contributed by atoms with van der Waals surface area (Å²) in [6.07, 6.45) is 7.93. The molecular formula is C23H35Cl3SiTi. The van der Waals surface area contributed by atoms with Crippen molar-refractivity contribution >= 4 is 14.7 Å². The Hall–Kier alpha value is 0.501. The molecule has 0 heterocycles. The third-order valence-electron chi connectivity index (χ3n) is 5.85. The van der Waals surface area contributed by atoms with Crippen LogP contribution in [-0.4, -0.2) is 9.52 Å². The Morgan fingerprint density at radius 2 is 1.57 bits per heavy atom. The van der Waals surface area contributed by atoms with Crippen LogP contribution in [0.25, 0.3) is 0 Å². The molecule has 0 saturated heterocycles. The van der Waals surface area contributed by atoms with Crippen LogP contribution in [0.4, 0.5) is 0 Å². The SMILES string of the molecule is CCCCCC1=[C]([Ti+3])C(C(C)CC)=C([SiH2]c2c(C)cc(C)cc2C)C1.[Cl-].[Cl-].[Cl-]. The number of halogens is 3. The quantitative estimate of drug-likeness (QED) is 0.261. The number of aryl methyl sites for hydroxylation is 3. The molecule has 5 heteroatoms. The number of benzene rings is 1. The molecule has 0 aromatic heterocycles. The molecule has 1 aliphatic rings. The van der Waals surface area contributed by atoms with Crippen molar-refractivity contribution in [3.63, 3.8) is 0 Å². The molecule has 1 aromatic carbocycles. The van der Waals surface area contributed by atoms with Crippen molar-refractivity contribution in [2.75, 3.05) is 0 Å². The molecule has 1 aliphatic carbocycles. The van der Waals surface area contributed by atoms with E-state index < -0.39 is 0 Å². The average Bonchev–Trinajstić information content (AvgIpc) is 2.86. The van der Waals surface area contributed by atoms with Crippen LogP contribution < -0.4 is 42.4 Å². The monoisotopic (exact) mass is 492 g/mol. The van der Waals surface area contributed by atoms with Gasteiger partial charge in [-0.15, -0.1) is 0 Å². The van der Waals surface area contributed by atoms with Crippen molar-refractivity contribution in [3.05, 3.63) is 49.0 Å². The Morgan fingerprint density at radius 1 is 1.00 bits per heavy atom. The van der Waals surface area contributed by atoms with E-state index in [1.165, 1.54) is 55.2 Å². The first-order chi connectivity index (χ1) is 11.9. The summed E-state index contributed by atoms with van der Waals surface area (Å²) >= 11 is 2.42. The predicted octanol–water partition coefficient (Wildman–Crippen LogP) is -3.50. The minimum atomic E-state index is -0.363. The molecule has 0 spiro atoms. The van der Waals surface area contributed by atoms with Crippen LogP contribution in [0, 0.1) is 26.7 Å². The van der Waals surface area contributed by atoms with Crippen LogP contribution in [0.3, 0.4) is 0 Å². The molecule has 0 fully saturated rings. The summed E-state index contributed by atoms with van der Waals surface area (Å²) in [6, 6.07) is 4.77. The van der Waals surface area contributed by atoms with Gasteiger partial charge in [-0.05, 0) is 0 Å². The minimum Gasteiger partial charge on any atom is -1.00 e. The zero-order valence-electron chi connectivity index (χ0n) is 18.3. The first-order valence-corrected chi connectivity index (χ1v) is 12.3. The van der Waals surface area contributed by atoms with Gasteiger partial charge in [0.2, 0.25) is 0 Å². The van der Waals surface area contributed by atoms with Gasteiger partial charge in [-0.3, -0.25) is 0 Å². The molecule has 1 aromatic rings. The molecule has 156 valence electrons. The fourth-order valence-electron chi connectivity index (χ4n) is 4.27. The summed E-state index contributed by atoms with van der Waals surface area (Å²) in [5.41, 5.74) is 7.97. The summed E-state index contributed by atoms with van der Waals surface area (Å²) in [5, 5.41) is 3.54. The van der Waals surface area contributed by atoms with E-state index in [-0.39, 0.29) is 46.7 Å². The summed E-state index contributed by atoms with van der Waals surface area (Å²) in [6.45, 7) is 14.0. The Labute approximate surface area is 206 Å². The molecule has 1 atom stereocenters. The first-order valence-electron chi connectivity index (χ1n) is 10.1. The van der Waals surface area contributed by atoms with Gasteiger partial charge < -0.3 is 37.2 Å². The van der Waals surface area contributed by atoms with E-state index in [0.717, 1.165) is 5.92 Å². The molecule has 28 heavy (non-hydrogen) atoms. The molecule has 1 unspecified atom stereocenters. The molecule has 0 saturated carbocycles. The van der Waals surface area contributed by atoms with E-state index in [2.05, 4.69) is 74.1 Å². The van der Waals surface area contributed by atoms with Crippen molar-refractivity contribution < 1.29 is 57.7 Å². The van der Waals surface area contributed by atoms with Gasteiger partial charge >= 0.3 is 170 Å². The van der Waals surface area contributed by atoms with E-state index in [0.29, 0.717) is 0 Å². The van der Waals surface area contributed by atoms with Crippen LogP contribution >= 0.6 is 0 Å².